The van der Waals surface area contributed by atoms with E-state index in [-0.39, 0.29) is 4.75 Å². The highest BCUT2D eigenvalue weighted by atomic mass is 32.2. The molecule has 22 heavy (non-hydrogen) atoms. The molecule has 2 nitrogen and oxygen atoms in total. The second-order valence-corrected chi connectivity index (χ2v) is 9.08. The molecular weight excluding hydrogens is 288 g/mol. The summed E-state index contributed by atoms with van der Waals surface area (Å²) in [5.74, 6) is 0. The quantitative estimate of drug-likeness (QED) is 0.636. The number of thioether (sulfide) groups is 1. The molecule has 1 aliphatic rings. The second-order valence-electron chi connectivity index (χ2n) is 7.22. The number of nitrogens with one attached hydrogen (secondary N) is 1. The lowest BCUT2D eigenvalue weighted by Crippen LogP contribution is -2.45. The minimum absolute atomic E-state index is 0.229. The van der Waals surface area contributed by atoms with E-state index in [0.29, 0.717) is 6.04 Å². The summed E-state index contributed by atoms with van der Waals surface area (Å²) < 4.78 is 0.229. The van der Waals surface area contributed by atoms with Crippen LogP contribution in [0.2, 0.25) is 0 Å². The smallest absolute Gasteiger partial charge is 0.0397 e. The molecule has 0 radical (unpaired) electrons. The van der Waals surface area contributed by atoms with E-state index in [2.05, 4.69) is 68.8 Å². The first-order valence-corrected chi connectivity index (χ1v) is 9.05. The van der Waals surface area contributed by atoms with Crippen molar-refractivity contribution in [3.63, 3.8) is 0 Å². The minimum Gasteiger partial charge on any atom is -0.314 e. The Morgan fingerprint density at radius 2 is 1.91 bits per heavy atom. The van der Waals surface area contributed by atoms with Crippen LogP contribution in [0.3, 0.4) is 0 Å². The topological polar surface area (TPSA) is 15.3 Å². The molecule has 0 saturated carbocycles. The number of nitrogens with zero attached hydrogens (tertiary/aromatic N) is 1. The van der Waals surface area contributed by atoms with Crippen molar-refractivity contribution < 1.29 is 0 Å². The first kappa shape index (κ1) is 17.6. The molecule has 0 aromatic heterocycles. The summed E-state index contributed by atoms with van der Waals surface area (Å²) in [6, 6.07) is 9.37. The van der Waals surface area contributed by atoms with Gasteiger partial charge in [-0.25, -0.2) is 0 Å². The Balaban J connectivity index is 2.31. The number of hydrogen-bond donors (Lipinski definition) is 1. The zero-order valence-corrected chi connectivity index (χ0v) is 15.3. The van der Waals surface area contributed by atoms with Crippen LogP contribution in [0.15, 0.2) is 41.3 Å². The highest BCUT2D eigenvalue weighted by Gasteiger charge is 2.25. The molecule has 3 heteroatoms. The van der Waals surface area contributed by atoms with E-state index in [1.807, 2.05) is 11.8 Å². The molecule has 1 N–H and O–H groups in total. The predicted molar refractivity (Wildman–Crippen MR) is 98.7 cm³/mol. The molecule has 0 unspecified atom stereocenters. The number of rotatable bonds is 5. The van der Waals surface area contributed by atoms with E-state index in [4.69, 9.17) is 0 Å². The maximum absolute atomic E-state index is 4.17. The van der Waals surface area contributed by atoms with Crippen molar-refractivity contribution in [3.8, 4) is 0 Å². The average molecular weight is 319 g/mol. The molecular formula is C19H30N2S. The van der Waals surface area contributed by atoms with Crippen LogP contribution in [-0.2, 0) is 0 Å². The largest absolute Gasteiger partial charge is 0.314 e. The minimum atomic E-state index is 0.229. The van der Waals surface area contributed by atoms with Crippen LogP contribution in [0.25, 0.3) is 0 Å². The lowest BCUT2D eigenvalue weighted by atomic mass is 9.98. The molecule has 1 atom stereocenters. The van der Waals surface area contributed by atoms with E-state index in [9.17, 15) is 0 Å². The third-order valence-electron chi connectivity index (χ3n) is 3.83. The zero-order chi connectivity index (χ0) is 16.2. The summed E-state index contributed by atoms with van der Waals surface area (Å²) in [6.45, 7) is 17.6. The lowest BCUT2D eigenvalue weighted by Gasteiger charge is -2.36. The summed E-state index contributed by atoms with van der Waals surface area (Å²) >= 11 is 1.97. The molecule has 0 bridgehead atoms. The SMILES string of the molecule is C=C(C)C[C@@H](c1ccccc1SC(C)(C)C)N1CCNCC1. The van der Waals surface area contributed by atoms with Crippen LogP contribution in [0.5, 0.6) is 0 Å². The summed E-state index contributed by atoms with van der Waals surface area (Å²) in [5.41, 5.74) is 2.73. The van der Waals surface area contributed by atoms with Gasteiger partial charge in [-0.2, -0.15) is 0 Å². The normalized spacial score (nSPS) is 18.2. The molecule has 1 aromatic carbocycles. The number of benzene rings is 1. The van der Waals surface area contributed by atoms with Crippen molar-refractivity contribution in [1.29, 1.82) is 0 Å². The monoisotopic (exact) mass is 318 g/mol. The van der Waals surface area contributed by atoms with Crippen LogP contribution in [0.1, 0.15) is 45.7 Å². The fourth-order valence-electron chi connectivity index (χ4n) is 2.94. The van der Waals surface area contributed by atoms with E-state index in [1.54, 1.807) is 0 Å². The molecule has 1 fully saturated rings. The van der Waals surface area contributed by atoms with Crippen molar-refractivity contribution in [3.05, 3.63) is 42.0 Å². The third-order valence-corrected chi connectivity index (χ3v) is 5.03. The Morgan fingerprint density at radius 1 is 1.27 bits per heavy atom. The molecule has 0 aliphatic carbocycles. The molecule has 0 amide bonds. The highest BCUT2D eigenvalue weighted by molar-refractivity contribution is 8.00. The molecule has 2 rings (SSSR count). The fraction of sp³-hybridized carbons (Fsp3) is 0.579. The Bertz CT molecular complexity index is 498. The Morgan fingerprint density at radius 3 is 2.50 bits per heavy atom. The molecule has 1 aliphatic heterocycles. The van der Waals surface area contributed by atoms with Gasteiger partial charge in [0.25, 0.3) is 0 Å². The van der Waals surface area contributed by atoms with Crippen molar-refractivity contribution in [1.82, 2.24) is 10.2 Å². The molecule has 122 valence electrons. The van der Waals surface area contributed by atoms with Crippen LogP contribution in [-0.4, -0.2) is 35.8 Å². The molecule has 1 saturated heterocycles. The van der Waals surface area contributed by atoms with Gasteiger partial charge in [0.1, 0.15) is 0 Å². The van der Waals surface area contributed by atoms with Gasteiger partial charge in [-0.3, -0.25) is 4.90 Å². The van der Waals surface area contributed by atoms with Gasteiger partial charge in [0.05, 0.1) is 0 Å². The van der Waals surface area contributed by atoms with Gasteiger partial charge < -0.3 is 5.32 Å². The van der Waals surface area contributed by atoms with E-state index < -0.39 is 0 Å². The first-order valence-electron chi connectivity index (χ1n) is 8.24. The summed E-state index contributed by atoms with van der Waals surface area (Å²) in [4.78, 5) is 4.03. The van der Waals surface area contributed by atoms with Crippen molar-refractivity contribution in [2.75, 3.05) is 26.2 Å². The number of hydrogen-bond acceptors (Lipinski definition) is 3. The van der Waals surface area contributed by atoms with Gasteiger partial charge in [0.2, 0.25) is 0 Å². The van der Waals surface area contributed by atoms with Crippen LogP contribution < -0.4 is 5.32 Å². The summed E-state index contributed by atoms with van der Waals surface area (Å²) in [5, 5.41) is 3.46. The van der Waals surface area contributed by atoms with Gasteiger partial charge >= 0.3 is 0 Å². The van der Waals surface area contributed by atoms with Gasteiger partial charge in [-0.1, -0.05) is 44.5 Å². The van der Waals surface area contributed by atoms with E-state index in [0.717, 1.165) is 32.6 Å². The Labute approximate surface area is 140 Å². The maximum atomic E-state index is 4.17. The Kier molecular flexibility index (Phi) is 6.13. The highest BCUT2D eigenvalue weighted by Crippen LogP contribution is 2.39. The van der Waals surface area contributed by atoms with Gasteiger partial charge in [-0.05, 0) is 25.0 Å². The average Bonchev–Trinajstić information content (AvgIpc) is 2.45. The van der Waals surface area contributed by atoms with Crippen LogP contribution in [0.4, 0.5) is 0 Å². The van der Waals surface area contributed by atoms with Gasteiger partial charge in [0, 0.05) is 41.9 Å². The fourth-order valence-corrected chi connectivity index (χ4v) is 4.07. The lowest BCUT2D eigenvalue weighted by molar-refractivity contribution is 0.170. The molecule has 1 heterocycles. The van der Waals surface area contributed by atoms with E-state index >= 15 is 0 Å². The zero-order valence-electron chi connectivity index (χ0n) is 14.5. The first-order chi connectivity index (χ1) is 10.4. The summed E-state index contributed by atoms with van der Waals surface area (Å²) in [6.07, 6.45) is 1.04. The number of piperazine rings is 1. The van der Waals surface area contributed by atoms with Gasteiger partial charge in [0.15, 0.2) is 0 Å². The van der Waals surface area contributed by atoms with Crippen molar-refractivity contribution >= 4 is 11.8 Å². The third kappa shape index (κ3) is 5.15. The maximum Gasteiger partial charge on any atom is 0.0397 e. The molecule has 1 aromatic rings. The summed E-state index contributed by atoms with van der Waals surface area (Å²) in [7, 11) is 0. The second kappa shape index (κ2) is 7.67. The van der Waals surface area contributed by atoms with Crippen molar-refractivity contribution in [2.24, 2.45) is 0 Å². The Hall–Kier alpha value is -0.770. The van der Waals surface area contributed by atoms with E-state index in [1.165, 1.54) is 16.0 Å². The van der Waals surface area contributed by atoms with Crippen molar-refractivity contribution in [2.45, 2.75) is 49.8 Å². The van der Waals surface area contributed by atoms with Gasteiger partial charge in [-0.15, -0.1) is 18.3 Å². The van der Waals surface area contributed by atoms with Crippen LogP contribution >= 0.6 is 11.8 Å². The standard InChI is InChI=1S/C19H30N2S/c1-15(2)14-17(21-12-10-20-11-13-21)16-8-6-7-9-18(16)22-19(3,4)5/h6-9,17,20H,1,10-14H2,2-5H3/t17-/m0/s1. The predicted octanol–water partition coefficient (Wildman–Crippen LogP) is 4.49. The molecule has 0 spiro atoms. The van der Waals surface area contributed by atoms with Crippen LogP contribution in [0, 0.1) is 0 Å².